The summed E-state index contributed by atoms with van der Waals surface area (Å²) in [5.74, 6) is -0.781. The van der Waals surface area contributed by atoms with Crippen molar-refractivity contribution in [1.82, 2.24) is 15.1 Å². The van der Waals surface area contributed by atoms with Crippen LogP contribution < -0.4 is 5.32 Å². The van der Waals surface area contributed by atoms with E-state index in [1.807, 2.05) is 11.4 Å². The van der Waals surface area contributed by atoms with Gasteiger partial charge in [-0.05, 0) is 25.3 Å². The highest BCUT2D eigenvalue weighted by molar-refractivity contribution is 7.10. The molecule has 0 radical (unpaired) electrons. The quantitative estimate of drug-likeness (QED) is 0.793. The number of nitrogens with zero attached hydrogens (tertiary/aromatic N) is 3. The monoisotopic (exact) mass is 334 g/mol. The molecule has 0 aliphatic carbocycles. The highest BCUT2D eigenvalue weighted by atomic mass is 32.1. The van der Waals surface area contributed by atoms with E-state index in [0.29, 0.717) is 6.54 Å². The number of thiophene rings is 1. The maximum absolute atomic E-state index is 12.6. The maximum Gasteiger partial charge on any atom is 0.325 e. The Bertz CT molecular complexity index is 652. The summed E-state index contributed by atoms with van der Waals surface area (Å²) in [6, 6.07) is 4.99. The average Bonchev–Trinajstić information content (AvgIpc) is 3.13. The van der Waals surface area contributed by atoms with Crippen LogP contribution in [0.1, 0.15) is 25.1 Å². The highest BCUT2D eigenvalue weighted by Crippen LogP contribution is 2.31. The lowest BCUT2D eigenvalue weighted by Crippen LogP contribution is -2.44. The van der Waals surface area contributed by atoms with E-state index in [2.05, 4.69) is 5.32 Å². The van der Waals surface area contributed by atoms with Gasteiger partial charge in [0.1, 0.15) is 6.54 Å². The second-order valence-electron chi connectivity index (χ2n) is 5.31. The minimum absolute atomic E-state index is 0.215. The van der Waals surface area contributed by atoms with Crippen molar-refractivity contribution in [1.29, 1.82) is 5.26 Å². The first kappa shape index (κ1) is 17.0. The number of amides is 4. The van der Waals surface area contributed by atoms with Gasteiger partial charge in [-0.1, -0.05) is 6.07 Å². The minimum atomic E-state index is -1.13. The van der Waals surface area contributed by atoms with E-state index >= 15 is 0 Å². The number of carbonyl (C=O) groups excluding carboxylic acids is 3. The zero-order chi connectivity index (χ0) is 17.0. The van der Waals surface area contributed by atoms with Gasteiger partial charge < -0.3 is 10.2 Å². The van der Waals surface area contributed by atoms with E-state index in [4.69, 9.17) is 5.26 Å². The zero-order valence-corrected chi connectivity index (χ0v) is 13.9. The molecule has 4 amide bonds. The van der Waals surface area contributed by atoms with Crippen LogP contribution in [0.15, 0.2) is 17.5 Å². The smallest absolute Gasteiger partial charge is 0.325 e. The number of urea groups is 1. The van der Waals surface area contributed by atoms with Gasteiger partial charge in [0.2, 0.25) is 5.91 Å². The molecule has 7 nitrogen and oxygen atoms in total. The largest absolute Gasteiger partial charge is 0.340 e. The van der Waals surface area contributed by atoms with Crippen molar-refractivity contribution >= 4 is 29.2 Å². The number of nitrogens with one attached hydrogen (secondary N) is 1. The fraction of sp³-hybridized carbons (Fsp3) is 0.467. The molecule has 1 fully saturated rings. The molecule has 122 valence electrons. The third kappa shape index (κ3) is 3.19. The summed E-state index contributed by atoms with van der Waals surface area (Å²) in [5.41, 5.74) is -1.13. The van der Waals surface area contributed by atoms with Gasteiger partial charge in [-0.2, -0.15) is 5.26 Å². The molecule has 2 rings (SSSR count). The van der Waals surface area contributed by atoms with Gasteiger partial charge >= 0.3 is 6.03 Å². The van der Waals surface area contributed by atoms with Crippen molar-refractivity contribution in [3.63, 3.8) is 0 Å². The fourth-order valence-electron chi connectivity index (χ4n) is 2.45. The SMILES string of the molecule is CCN(CCC#N)C(=O)CN1C(=O)NC(C)(c2cccs2)C1=O. The van der Waals surface area contributed by atoms with Gasteiger partial charge in [-0.15, -0.1) is 11.3 Å². The molecule has 2 heterocycles. The van der Waals surface area contributed by atoms with Crippen molar-refractivity contribution < 1.29 is 14.4 Å². The molecule has 1 saturated heterocycles. The standard InChI is InChI=1S/C15H18N4O3S/c1-3-18(8-5-7-16)12(20)10-19-13(21)15(2,17-14(19)22)11-6-4-9-23-11/h4,6,9H,3,5,8,10H2,1-2H3,(H,17,22). The molecule has 1 aromatic rings. The van der Waals surface area contributed by atoms with E-state index in [9.17, 15) is 14.4 Å². The van der Waals surface area contributed by atoms with Crippen LogP contribution >= 0.6 is 11.3 Å². The van der Waals surface area contributed by atoms with Gasteiger partial charge in [0.15, 0.2) is 5.54 Å². The molecular weight excluding hydrogens is 316 g/mol. The Morgan fingerprint density at radius 2 is 2.26 bits per heavy atom. The molecule has 8 heteroatoms. The summed E-state index contributed by atoms with van der Waals surface area (Å²) in [6.07, 6.45) is 0.215. The van der Waals surface area contributed by atoms with Crippen LogP contribution in [0.3, 0.4) is 0 Å². The topological polar surface area (TPSA) is 93.5 Å². The van der Waals surface area contributed by atoms with E-state index in [1.165, 1.54) is 16.2 Å². The molecule has 1 aliphatic rings. The molecule has 1 unspecified atom stereocenters. The van der Waals surface area contributed by atoms with Crippen molar-refractivity contribution in [2.75, 3.05) is 19.6 Å². The lowest BCUT2D eigenvalue weighted by atomic mass is 10.0. The molecule has 23 heavy (non-hydrogen) atoms. The lowest BCUT2D eigenvalue weighted by molar-refractivity contribution is -0.138. The zero-order valence-electron chi connectivity index (χ0n) is 13.0. The van der Waals surface area contributed by atoms with Gasteiger partial charge in [0.25, 0.3) is 5.91 Å². The first-order valence-electron chi connectivity index (χ1n) is 7.26. The molecule has 1 aromatic heterocycles. The summed E-state index contributed by atoms with van der Waals surface area (Å²) >= 11 is 1.37. The van der Waals surface area contributed by atoms with E-state index in [0.717, 1.165) is 9.78 Å². The first-order chi connectivity index (χ1) is 10.9. The summed E-state index contributed by atoms with van der Waals surface area (Å²) in [4.78, 5) is 40.2. The Labute approximate surface area is 138 Å². The molecule has 0 aromatic carbocycles. The van der Waals surface area contributed by atoms with Crippen molar-refractivity contribution in [3.8, 4) is 6.07 Å². The number of imide groups is 1. The second kappa shape index (κ2) is 6.79. The Kier molecular flexibility index (Phi) is 5.01. The van der Waals surface area contributed by atoms with E-state index in [-0.39, 0.29) is 25.4 Å². The second-order valence-corrected chi connectivity index (χ2v) is 6.25. The van der Waals surface area contributed by atoms with E-state index < -0.39 is 17.5 Å². The Morgan fingerprint density at radius 1 is 1.52 bits per heavy atom. The van der Waals surface area contributed by atoms with Crippen LogP contribution in [0.2, 0.25) is 0 Å². The highest BCUT2D eigenvalue weighted by Gasteiger charge is 2.50. The van der Waals surface area contributed by atoms with Crippen LogP contribution in [0.25, 0.3) is 0 Å². The number of nitriles is 1. The fourth-order valence-corrected chi connectivity index (χ4v) is 3.28. The maximum atomic E-state index is 12.6. The van der Waals surface area contributed by atoms with Crippen molar-refractivity contribution in [2.45, 2.75) is 25.8 Å². The van der Waals surface area contributed by atoms with Gasteiger partial charge in [-0.25, -0.2) is 4.79 Å². The Balaban J connectivity index is 2.12. The van der Waals surface area contributed by atoms with Gasteiger partial charge in [0, 0.05) is 18.0 Å². The molecule has 0 spiro atoms. The molecular formula is C15H18N4O3S. The number of rotatable bonds is 6. The predicted molar refractivity (Wildman–Crippen MR) is 84.4 cm³/mol. The third-order valence-corrected chi connectivity index (χ3v) is 4.90. The molecule has 1 aliphatic heterocycles. The van der Waals surface area contributed by atoms with Crippen molar-refractivity contribution in [2.24, 2.45) is 0 Å². The molecule has 1 N–H and O–H groups in total. The summed E-state index contributed by atoms with van der Waals surface area (Å²) < 4.78 is 0. The molecule has 0 bridgehead atoms. The summed E-state index contributed by atoms with van der Waals surface area (Å²) in [5, 5.41) is 13.1. The number of carbonyl (C=O) groups is 3. The van der Waals surface area contributed by atoms with Gasteiger partial charge in [0.05, 0.1) is 12.5 Å². The van der Waals surface area contributed by atoms with Crippen molar-refractivity contribution in [3.05, 3.63) is 22.4 Å². The lowest BCUT2D eigenvalue weighted by Gasteiger charge is -2.23. The Hall–Kier alpha value is -2.40. The minimum Gasteiger partial charge on any atom is -0.340 e. The third-order valence-electron chi connectivity index (χ3n) is 3.81. The number of likely N-dealkylation sites (N-methyl/N-ethyl adjacent to an activating group) is 1. The summed E-state index contributed by atoms with van der Waals surface area (Å²) in [6.45, 7) is 3.82. The predicted octanol–water partition coefficient (Wildman–Crippen LogP) is 1.28. The van der Waals surface area contributed by atoms with Crippen LogP contribution in [-0.2, 0) is 15.1 Å². The van der Waals surface area contributed by atoms with Gasteiger partial charge in [-0.3, -0.25) is 14.5 Å². The van der Waals surface area contributed by atoms with Crippen LogP contribution in [-0.4, -0.2) is 47.3 Å². The average molecular weight is 334 g/mol. The van der Waals surface area contributed by atoms with Crippen LogP contribution in [0.4, 0.5) is 4.79 Å². The first-order valence-corrected chi connectivity index (χ1v) is 8.14. The Morgan fingerprint density at radius 3 is 2.83 bits per heavy atom. The number of hydrogen-bond acceptors (Lipinski definition) is 5. The molecule has 0 saturated carbocycles. The normalized spacial score (nSPS) is 20.3. The van der Waals surface area contributed by atoms with Crippen LogP contribution in [0, 0.1) is 11.3 Å². The van der Waals surface area contributed by atoms with Crippen LogP contribution in [0.5, 0.6) is 0 Å². The van der Waals surface area contributed by atoms with E-state index in [1.54, 1.807) is 26.0 Å². The summed E-state index contributed by atoms with van der Waals surface area (Å²) in [7, 11) is 0. The molecule has 1 atom stereocenters. The number of hydrogen-bond donors (Lipinski definition) is 1.